The number of alkyl halides is 3. The molecule has 1 heterocycles. The van der Waals surface area contributed by atoms with Crippen LogP contribution >= 0.6 is 11.8 Å². The first-order valence-electron chi connectivity index (χ1n) is 5.28. The molecule has 0 spiro atoms. The van der Waals surface area contributed by atoms with Crippen LogP contribution in [0.4, 0.5) is 23.7 Å². The number of hydrogen-bond acceptors (Lipinski definition) is 2. The van der Waals surface area contributed by atoms with Gasteiger partial charge in [0.2, 0.25) is 0 Å². The molecule has 1 aliphatic rings. The van der Waals surface area contributed by atoms with Crippen molar-refractivity contribution in [3.8, 4) is 0 Å². The number of halogens is 3. The Morgan fingerprint density at radius 2 is 2.17 bits per heavy atom. The summed E-state index contributed by atoms with van der Waals surface area (Å²) in [6.45, 7) is 0.620. The van der Waals surface area contributed by atoms with Gasteiger partial charge in [0.05, 0.1) is 11.4 Å². The summed E-state index contributed by atoms with van der Waals surface area (Å²) in [4.78, 5) is 13.3. The van der Waals surface area contributed by atoms with E-state index in [9.17, 15) is 18.0 Å². The van der Waals surface area contributed by atoms with Crippen molar-refractivity contribution in [1.29, 1.82) is 0 Å². The van der Waals surface area contributed by atoms with E-state index in [1.807, 2.05) is 0 Å². The molecule has 2 amide bonds. The van der Waals surface area contributed by atoms with Crippen molar-refractivity contribution < 1.29 is 18.0 Å². The quantitative estimate of drug-likeness (QED) is 0.854. The van der Waals surface area contributed by atoms with E-state index in [2.05, 4.69) is 5.32 Å². The van der Waals surface area contributed by atoms with Crippen LogP contribution in [-0.2, 0) is 6.18 Å². The number of benzene rings is 1. The Morgan fingerprint density at radius 3 is 2.78 bits per heavy atom. The highest BCUT2D eigenvalue weighted by Gasteiger charge is 2.30. The van der Waals surface area contributed by atoms with Crippen molar-refractivity contribution in [3.05, 3.63) is 29.8 Å². The molecule has 98 valence electrons. The molecule has 0 unspecified atom stereocenters. The first-order valence-corrected chi connectivity index (χ1v) is 6.43. The molecule has 3 nitrogen and oxygen atoms in total. The van der Waals surface area contributed by atoms with E-state index in [1.165, 1.54) is 12.1 Å². The van der Waals surface area contributed by atoms with Gasteiger partial charge in [0.15, 0.2) is 0 Å². The normalized spacial score (nSPS) is 15.8. The Kier molecular flexibility index (Phi) is 3.70. The van der Waals surface area contributed by atoms with Gasteiger partial charge in [0.25, 0.3) is 0 Å². The number of thioether (sulfide) groups is 1. The molecule has 18 heavy (non-hydrogen) atoms. The number of nitrogens with one attached hydrogen (secondary N) is 1. The minimum atomic E-state index is -4.40. The van der Waals surface area contributed by atoms with Gasteiger partial charge in [-0.25, -0.2) is 4.79 Å². The number of anilines is 1. The van der Waals surface area contributed by atoms with Gasteiger partial charge in [-0.1, -0.05) is 6.07 Å². The molecule has 0 saturated carbocycles. The van der Waals surface area contributed by atoms with Crippen LogP contribution < -0.4 is 5.32 Å². The molecule has 0 radical (unpaired) electrons. The minimum Gasteiger partial charge on any atom is -0.314 e. The molecule has 0 atom stereocenters. The molecule has 1 saturated heterocycles. The van der Waals surface area contributed by atoms with Crippen molar-refractivity contribution in [3.63, 3.8) is 0 Å². The first kappa shape index (κ1) is 13.1. The van der Waals surface area contributed by atoms with Crippen molar-refractivity contribution in [2.45, 2.75) is 6.18 Å². The lowest BCUT2D eigenvalue weighted by Crippen LogP contribution is -2.32. The second kappa shape index (κ2) is 5.09. The molecule has 1 fully saturated rings. The van der Waals surface area contributed by atoms with Crippen LogP contribution in [0.2, 0.25) is 0 Å². The van der Waals surface area contributed by atoms with Gasteiger partial charge >= 0.3 is 12.2 Å². The number of carbonyl (C=O) groups excluding carboxylic acids is 1. The van der Waals surface area contributed by atoms with E-state index in [0.29, 0.717) is 12.4 Å². The van der Waals surface area contributed by atoms with Gasteiger partial charge in [-0.05, 0) is 18.2 Å². The van der Waals surface area contributed by atoms with E-state index < -0.39 is 11.7 Å². The van der Waals surface area contributed by atoms with Gasteiger partial charge in [0, 0.05) is 18.0 Å². The van der Waals surface area contributed by atoms with Crippen LogP contribution in [0.15, 0.2) is 24.3 Å². The smallest absolute Gasteiger partial charge is 0.314 e. The largest absolute Gasteiger partial charge is 0.416 e. The topological polar surface area (TPSA) is 32.3 Å². The average Bonchev–Trinajstić information content (AvgIpc) is 2.81. The molecule has 1 N–H and O–H groups in total. The van der Waals surface area contributed by atoms with E-state index in [-0.39, 0.29) is 11.7 Å². The van der Waals surface area contributed by atoms with Crippen LogP contribution in [0.5, 0.6) is 0 Å². The van der Waals surface area contributed by atoms with Crippen molar-refractivity contribution in [1.82, 2.24) is 4.90 Å². The number of rotatable bonds is 1. The second-order valence-corrected chi connectivity index (χ2v) is 4.88. The van der Waals surface area contributed by atoms with Crippen LogP contribution in [-0.4, -0.2) is 29.1 Å². The summed E-state index contributed by atoms with van der Waals surface area (Å²) in [7, 11) is 0. The summed E-state index contributed by atoms with van der Waals surface area (Å²) in [5.74, 6) is 1.43. The Balaban J connectivity index is 2.07. The monoisotopic (exact) mass is 276 g/mol. The van der Waals surface area contributed by atoms with E-state index in [0.717, 1.165) is 17.9 Å². The molecule has 0 aliphatic carbocycles. The Bertz CT molecular complexity index is 444. The molecule has 1 aliphatic heterocycles. The Hall–Kier alpha value is -1.37. The van der Waals surface area contributed by atoms with Gasteiger partial charge in [-0.3, -0.25) is 0 Å². The van der Waals surface area contributed by atoms with Crippen molar-refractivity contribution in [2.24, 2.45) is 0 Å². The lowest BCUT2D eigenvalue weighted by atomic mass is 10.2. The van der Waals surface area contributed by atoms with E-state index >= 15 is 0 Å². The minimum absolute atomic E-state index is 0.159. The van der Waals surface area contributed by atoms with Gasteiger partial charge in [-0.2, -0.15) is 13.2 Å². The molecule has 0 bridgehead atoms. The molecular weight excluding hydrogens is 265 g/mol. The number of carbonyl (C=O) groups is 1. The van der Waals surface area contributed by atoms with Gasteiger partial charge < -0.3 is 10.2 Å². The summed E-state index contributed by atoms with van der Waals surface area (Å²) in [6.07, 6.45) is -4.40. The molecular formula is C11H11F3N2OS. The number of hydrogen-bond donors (Lipinski definition) is 1. The third-order valence-electron chi connectivity index (χ3n) is 2.48. The maximum Gasteiger partial charge on any atom is 0.416 e. The predicted molar refractivity (Wildman–Crippen MR) is 64.5 cm³/mol. The highest BCUT2D eigenvalue weighted by atomic mass is 32.2. The summed E-state index contributed by atoms with van der Waals surface area (Å²) in [5, 5.41) is 2.47. The number of amides is 2. The predicted octanol–water partition coefficient (Wildman–Crippen LogP) is 3.24. The van der Waals surface area contributed by atoms with Crippen molar-refractivity contribution in [2.75, 3.05) is 23.5 Å². The third-order valence-corrected chi connectivity index (χ3v) is 3.45. The highest BCUT2D eigenvalue weighted by molar-refractivity contribution is 7.99. The fourth-order valence-electron chi connectivity index (χ4n) is 1.55. The Morgan fingerprint density at radius 1 is 1.39 bits per heavy atom. The van der Waals surface area contributed by atoms with Crippen LogP contribution in [0.1, 0.15) is 5.56 Å². The zero-order valence-corrected chi connectivity index (χ0v) is 10.1. The zero-order chi connectivity index (χ0) is 13.2. The molecule has 1 aromatic carbocycles. The van der Waals surface area contributed by atoms with E-state index in [1.54, 1.807) is 16.7 Å². The summed E-state index contributed by atoms with van der Waals surface area (Å²) in [5.41, 5.74) is -0.608. The maximum atomic E-state index is 12.5. The number of urea groups is 1. The Labute approximate surface area is 106 Å². The fourth-order valence-corrected chi connectivity index (χ4v) is 2.50. The van der Waals surface area contributed by atoms with Crippen LogP contribution in [0.3, 0.4) is 0 Å². The summed E-state index contributed by atoms with van der Waals surface area (Å²) in [6, 6.07) is 4.26. The zero-order valence-electron chi connectivity index (χ0n) is 9.33. The lowest BCUT2D eigenvalue weighted by Gasteiger charge is -2.16. The maximum absolute atomic E-state index is 12.5. The molecule has 0 aromatic heterocycles. The van der Waals surface area contributed by atoms with Crippen molar-refractivity contribution >= 4 is 23.5 Å². The molecule has 7 heteroatoms. The lowest BCUT2D eigenvalue weighted by molar-refractivity contribution is -0.137. The third kappa shape index (κ3) is 3.10. The summed E-state index contributed by atoms with van der Waals surface area (Å²) < 4.78 is 37.4. The summed E-state index contributed by atoms with van der Waals surface area (Å²) >= 11 is 1.61. The second-order valence-electron chi connectivity index (χ2n) is 3.81. The van der Waals surface area contributed by atoms with Gasteiger partial charge in [0.1, 0.15) is 0 Å². The standard InChI is InChI=1S/C11H11F3N2OS/c12-11(13,14)8-2-1-3-9(6-8)15-10(17)16-4-5-18-7-16/h1-3,6H,4-5,7H2,(H,15,17). The average molecular weight is 276 g/mol. The van der Waals surface area contributed by atoms with Crippen LogP contribution in [0, 0.1) is 0 Å². The first-order chi connectivity index (χ1) is 8.47. The number of nitrogens with zero attached hydrogens (tertiary/aromatic N) is 1. The molecule has 2 rings (SSSR count). The SMILES string of the molecule is O=C(Nc1cccc(C(F)(F)F)c1)N1CCSC1. The van der Waals surface area contributed by atoms with Crippen LogP contribution in [0.25, 0.3) is 0 Å². The molecule has 1 aromatic rings. The van der Waals surface area contributed by atoms with Gasteiger partial charge in [-0.15, -0.1) is 11.8 Å². The highest BCUT2D eigenvalue weighted by Crippen LogP contribution is 2.30. The fraction of sp³-hybridized carbons (Fsp3) is 0.364. The van der Waals surface area contributed by atoms with E-state index in [4.69, 9.17) is 0 Å².